The zero-order chi connectivity index (χ0) is 11.6. The summed E-state index contributed by atoms with van der Waals surface area (Å²) in [5.41, 5.74) is 2.50. The third-order valence-electron chi connectivity index (χ3n) is 3.05. The average Bonchev–Trinajstić information content (AvgIpc) is 2.65. The average molecular weight is 240 g/mol. The molecule has 1 aromatic heterocycles. The van der Waals surface area contributed by atoms with Crippen LogP contribution in [0.2, 0.25) is 0 Å². The number of hydrogen-bond donors (Lipinski definition) is 1. The van der Waals surface area contributed by atoms with Crippen molar-refractivity contribution >= 4 is 17.4 Å². The Morgan fingerprint density at radius 2 is 2.19 bits per heavy atom. The lowest BCUT2D eigenvalue weighted by molar-refractivity contribution is 0.547. The van der Waals surface area contributed by atoms with Crippen LogP contribution in [-0.4, -0.2) is 21.4 Å². The molecule has 0 aliphatic heterocycles. The van der Waals surface area contributed by atoms with Crippen molar-refractivity contribution < 1.29 is 0 Å². The van der Waals surface area contributed by atoms with Gasteiger partial charge < -0.3 is 5.32 Å². The van der Waals surface area contributed by atoms with E-state index in [9.17, 15) is 0 Å². The minimum atomic E-state index is -0.00748. The first-order valence-corrected chi connectivity index (χ1v) is 6.33. The Balaban J connectivity index is 2.19. The van der Waals surface area contributed by atoms with Crippen molar-refractivity contribution in [2.75, 3.05) is 11.2 Å². The fourth-order valence-corrected chi connectivity index (χ4v) is 2.56. The molecule has 0 amide bonds. The second-order valence-electron chi connectivity index (χ2n) is 4.95. The Labute approximate surface area is 102 Å². The molecule has 0 unspecified atom stereocenters. The van der Waals surface area contributed by atoms with Crippen LogP contribution in [0, 0.1) is 0 Å². The Kier molecular flexibility index (Phi) is 3.33. The quantitative estimate of drug-likeness (QED) is 0.822. The van der Waals surface area contributed by atoms with Crippen LogP contribution >= 0.6 is 11.6 Å². The van der Waals surface area contributed by atoms with Crippen molar-refractivity contribution in [3.8, 4) is 0 Å². The Morgan fingerprint density at radius 1 is 1.38 bits per heavy atom. The lowest BCUT2D eigenvalue weighted by Crippen LogP contribution is -2.32. The van der Waals surface area contributed by atoms with Gasteiger partial charge in [-0.1, -0.05) is 0 Å². The van der Waals surface area contributed by atoms with Gasteiger partial charge >= 0.3 is 0 Å². The zero-order valence-corrected chi connectivity index (χ0v) is 10.6. The van der Waals surface area contributed by atoms with Gasteiger partial charge in [-0.3, -0.25) is 0 Å². The molecule has 3 nitrogen and oxygen atoms in total. The van der Waals surface area contributed by atoms with Gasteiger partial charge in [0.05, 0.1) is 0 Å². The number of aryl methyl sites for hydroxylation is 1. The lowest BCUT2D eigenvalue weighted by atomic mass is 10.0. The minimum Gasteiger partial charge on any atom is -0.365 e. The van der Waals surface area contributed by atoms with Crippen LogP contribution in [0.25, 0.3) is 0 Å². The summed E-state index contributed by atoms with van der Waals surface area (Å²) in [6, 6.07) is 0. The maximum absolute atomic E-state index is 5.80. The molecule has 1 aliphatic carbocycles. The van der Waals surface area contributed by atoms with E-state index in [-0.39, 0.29) is 5.54 Å². The van der Waals surface area contributed by atoms with E-state index in [4.69, 9.17) is 11.6 Å². The highest BCUT2D eigenvalue weighted by atomic mass is 35.5. The lowest BCUT2D eigenvalue weighted by Gasteiger charge is -2.27. The number of anilines is 1. The molecule has 1 heterocycles. The zero-order valence-electron chi connectivity index (χ0n) is 9.89. The van der Waals surface area contributed by atoms with Gasteiger partial charge in [0.15, 0.2) is 0 Å². The molecule has 2 rings (SSSR count). The highest BCUT2D eigenvalue weighted by Gasteiger charge is 2.22. The summed E-state index contributed by atoms with van der Waals surface area (Å²) in [6.07, 6.45) is 5.95. The number of alkyl halides is 1. The van der Waals surface area contributed by atoms with Gasteiger partial charge in [0.2, 0.25) is 0 Å². The highest BCUT2D eigenvalue weighted by Crippen LogP contribution is 2.27. The molecule has 1 aliphatic rings. The first kappa shape index (κ1) is 11.6. The van der Waals surface area contributed by atoms with Crippen LogP contribution in [0.15, 0.2) is 6.33 Å². The fourth-order valence-electron chi connectivity index (χ4n) is 2.09. The smallest absolute Gasteiger partial charge is 0.133 e. The van der Waals surface area contributed by atoms with E-state index in [0.29, 0.717) is 5.88 Å². The standard InChI is InChI=1S/C12H18ClN3/c1-12(2,6-7-13)16-11-9-4-3-5-10(9)14-8-15-11/h8H,3-7H2,1-2H3,(H,14,15,16). The number of fused-ring (bicyclic) bond motifs is 1. The first-order valence-electron chi connectivity index (χ1n) is 5.79. The van der Waals surface area contributed by atoms with Crippen LogP contribution in [0.3, 0.4) is 0 Å². The predicted octanol–water partition coefficient (Wildman–Crippen LogP) is 2.78. The van der Waals surface area contributed by atoms with Crippen molar-refractivity contribution in [2.45, 2.75) is 45.1 Å². The first-order chi connectivity index (χ1) is 7.62. The normalized spacial score (nSPS) is 14.9. The summed E-state index contributed by atoms with van der Waals surface area (Å²) in [4.78, 5) is 8.67. The Bertz CT molecular complexity index is 377. The van der Waals surface area contributed by atoms with Crippen LogP contribution in [-0.2, 0) is 12.8 Å². The molecule has 0 atom stereocenters. The predicted molar refractivity (Wildman–Crippen MR) is 67.1 cm³/mol. The van der Waals surface area contributed by atoms with E-state index in [1.807, 2.05) is 0 Å². The Morgan fingerprint density at radius 3 is 2.94 bits per heavy atom. The Hall–Kier alpha value is -0.830. The molecule has 1 aromatic rings. The summed E-state index contributed by atoms with van der Waals surface area (Å²) in [7, 11) is 0. The number of nitrogens with one attached hydrogen (secondary N) is 1. The summed E-state index contributed by atoms with van der Waals surface area (Å²) in [5.74, 6) is 1.66. The third-order valence-corrected chi connectivity index (χ3v) is 3.24. The van der Waals surface area contributed by atoms with Gasteiger partial charge in [0, 0.05) is 22.7 Å². The largest absolute Gasteiger partial charge is 0.365 e. The number of halogens is 1. The van der Waals surface area contributed by atoms with Gasteiger partial charge in [-0.15, -0.1) is 11.6 Å². The third kappa shape index (κ3) is 2.46. The topological polar surface area (TPSA) is 37.8 Å². The van der Waals surface area contributed by atoms with Crippen LogP contribution in [0.4, 0.5) is 5.82 Å². The van der Waals surface area contributed by atoms with Gasteiger partial charge in [-0.05, 0) is 39.5 Å². The van der Waals surface area contributed by atoms with E-state index in [1.165, 1.54) is 17.7 Å². The fraction of sp³-hybridized carbons (Fsp3) is 0.667. The molecular weight excluding hydrogens is 222 g/mol. The van der Waals surface area contributed by atoms with E-state index in [2.05, 4.69) is 29.1 Å². The van der Waals surface area contributed by atoms with Gasteiger partial charge in [0.25, 0.3) is 0 Å². The molecule has 88 valence electrons. The molecule has 0 saturated carbocycles. The van der Waals surface area contributed by atoms with Gasteiger partial charge in [-0.25, -0.2) is 9.97 Å². The number of rotatable bonds is 4. The maximum Gasteiger partial charge on any atom is 0.133 e. The summed E-state index contributed by atoms with van der Waals surface area (Å²) < 4.78 is 0. The molecule has 0 radical (unpaired) electrons. The SMILES string of the molecule is CC(C)(CCCl)Nc1ncnc2c1CCC2. The van der Waals surface area contributed by atoms with E-state index < -0.39 is 0 Å². The molecule has 0 saturated heterocycles. The van der Waals surface area contributed by atoms with Crippen molar-refractivity contribution in [3.05, 3.63) is 17.6 Å². The maximum atomic E-state index is 5.80. The molecule has 0 spiro atoms. The second-order valence-corrected chi connectivity index (χ2v) is 5.33. The molecule has 1 N–H and O–H groups in total. The van der Waals surface area contributed by atoms with Crippen LogP contribution < -0.4 is 5.32 Å². The van der Waals surface area contributed by atoms with E-state index >= 15 is 0 Å². The van der Waals surface area contributed by atoms with Crippen LogP contribution in [0.5, 0.6) is 0 Å². The van der Waals surface area contributed by atoms with E-state index in [0.717, 1.165) is 25.1 Å². The molecule has 4 heteroatoms. The highest BCUT2D eigenvalue weighted by molar-refractivity contribution is 6.17. The van der Waals surface area contributed by atoms with Crippen molar-refractivity contribution in [2.24, 2.45) is 0 Å². The van der Waals surface area contributed by atoms with Gasteiger partial charge in [0.1, 0.15) is 12.1 Å². The molecule has 0 fully saturated rings. The van der Waals surface area contributed by atoms with Crippen molar-refractivity contribution in [3.63, 3.8) is 0 Å². The molecule has 0 bridgehead atoms. The molecular formula is C12H18ClN3. The number of aromatic nitrogens is 2. The van der Waals surface area contributed by atoms with Gasteiger partial charge in [-0.2, -0.15) is 0 Å². The summed E-state index contributed by atoms with van der Waals surface area (Å²) in [6.45, 7) is 4.30. The second kappa shape index (κ2) is 4.58. The summed E-state index contributed by atoms with van der Waals surface area (Å²) >= 11 is 5.80. The summed E-state index contributed by atoms with van der Waals surface area (Å²) in [5, 5.41) is 3.48. The monoisotopic (exact) mass is 239 g/mol. The van der Waals surface area contributed by atoms with Crippen molar-refractivity contribution in [1.82, 2.24) is 9.97 Å². The molecule has 16 heavy (non-hydrogen) atoms. The number of nitrogens with zero attached hydrogens (tertiary/aromatic N) is 2. The van der Waals surface area contributed by atoms with E-state index in [1.54, 1.807) is 6.33 Å². The minimum absolute atomic E-state index is 0.00748. The van der Waals surface area contributed by atoms with Crippen LogP contribution in [0.1, 0.15) is 37.9 Å². The van der Waals surface area contributed by atoms with Crippen molar-refractivity contribution in [1.29, 1.82) is 0 Å². The number of hydrogen-bond acceptors (Lipinski definition) is 3. The molecule has 0 aromatic carbocycles.